The van der Waals surface area contributed by atoms with E-state index in [2.05, 4.69) is 5.32 Å². The van der Waals surface area contributed by atoms with Gasteiger partial charge in [-0.3, -0.25) is 13.9 Å². The molecular weight excluding hydrogens is 598 g/mol. The van der Waals surface area contributed by atoms with Crippen molar-refractivity contribution in [3.8, 4) is 5.75 Å². The Morgan fingerprint density at radius 3 is 1.93 bits per heavy atom. The Kier molecular flexibility index (Phi) is 10.9. The largest absolute Gasteiger partial charge is 0.495 e. The van der Waals surface area contributed by atoms with Crippen molar-refractivity contribution in [2.75, 3.05) is 18.0 Å². The normalized spacial score (nSPS) is 12.2. The number of carbonyl (C=O) groups excluding carboxylic acids is 2. The molecule has 0 saturated carbocycles. The number of aryl methyl sites for hydroxylation is 2. The van der Waals surface area contributed by atoms with Gasteiger partial charge in [0, 0.05) is 18.5 Å². The van der Waals surface area contributed by atoms with Crippen molar-refractivity contribution in [1.29, 1.82) is 0 Å². The fraction of sp³-hybridized carbons (Fsp3) is 0.297. The molecule has 0 heterocycles. The summed E-state index contributed by atoms with van der Waals surface area (Å²) in [5.74, 6) is -0.573. The fourth-order valence-corrected chi connectivity index (χ4v) is 6.51. The van der Waals surface area contributed by atoms with Crippen molar-refractivity contribution in [3.05, 3.63) is 125 Å². The Hall–Kier alpha value is -4.63. The van der Waals surface area contributed by atoms with Crippen LogP contribution in [0.3, 0.4) is 0 Å². The van der Waals surface area contributed by atoms with E-state index in [1.165, 1.54) is 24.1 Å². The predicted molar refractivity (Wildman–Crippen MR) is 182 cm³/mol. The summed E-state index contributed by atoms with van der Waals surface area (Å²) in [4.78, 5) is 30.2. The van der Waals surface area contributed by atoms with E-state index < -0.39 is 34.1 Å². The van der Waals surface area contributed by atoms with Gasteiger partial charge in [-0.2, -0.15) is 0 Å². The number of amides is 2. The number of nitrogens with zero attached hydrogens (tertiary/aromatic N) is 2. The third-order valence-corrected chi connectivity index (χ3v) is 9.26. The highest BCUT2D eigenvalue weighted by Gasteiger charge is 2.36. The first kappa shape index (κ1) is 34.2. The van der Waals surface area contributed by atoms with E-state index in [0.717, 1.165) is 26.6 Å². The number of nitrogens with one attached hydrogen (secondary N) is 1. The Bertz CT molecular complexity index is 1730. The van der Waals surface area contributed by atoms with Crippen LogP contribution in [0.5, 0.6) is 5.75 Å². The smallest absolute Gasteiger partial charge is 0.264 e. The molecule has 0 aliphatic rings. The minimum Gasteiger partial charge on any atom is -0.495 e. The number of para-hydroxylation sites is 2. The van der Waals surface area contributed by atoms with Gasteiger partial charge in [-0.15, -0.1) is 0 Å². The van der Waals surface area contributed by atoms with Crippen LogP contribution in [0.25, 0.3) is 0 Å². The quantitative estimate of drug-likeness (QED) is 0.203. The SMILES string of the molecule is COc1ccccc1N(CC(=O)N(Cc1ccc(C)cc1)C(Cc1ccccc1)C(=O)NC(C)(C)C)S(=O)(=O)c1ccc(C)cc1. The van der Waals surface area contributed by atoms with Crippen molar-refractivity contribution in [3.63, 3.8) is 0 Å². The van der Waals surface area contributed by atoms with E-state index in [1.807, 2.05) is 89.2 Å². The Morgan fingerprint density at radius 1 is 0.783 bits per heavy atom. The summed E-state index contributed by atoms with van der Waals surface area (Å²) >= 11 is 0. The summed E-state index contributed by atoms with van der Waals surface area (Å²) in [5, 5.41) is 3.05. The van der Waals surface area contributed by atoms with Crippen LogP contribution < -0.4 is 14.4 Å². The summed E-state index contributed by atoms with van der Waals surface area (Å²) in [6.07, 6.45) is 0.236. The molecule has 0 spiro atoms. The number of rotatable bonds is 12. The lowest BCUT2D eigenvalue weighted by molar-refractivity contribution is -0.140. The fourth-order valence-electron chi connectivity index (χ4n) is 5.08. The van der Waals surface area contributed by atoms with Crippen molar-refractivity contribution < 1.29 is 22.7 Å². The molecule has 0 aromatic heterocycles. The Balaban J connectivity index is 1.84. The Morgan fingerprint density at radius 2 is 1.35 bits per heavy atom. The highest BCUT2D eigenvalue weighted by Crippen LogP contribution is 2.33. The van der Waals surface area contributed by atoms with Crippen molar-refractivity contribution in [2.24, 2.45) is 0 Å². The standard InChI is InChI=1S/C37H43N3O5S/c1-27-16-20-30(21-17-27)25-39(33(36(42)38-37(3,4)5)24-29-12-8-7-9-13-29)35(41)26-40(32-14-10-11-15-34(32)45-6)46(43,44)31-22-18-28(2)19-23-31/h7-23,33H,24-26H2,1-6H3,(H,38,42). The summed E-state index contributed by atoms with van der Waals surface area (Å²) in [7, 11) is -2.79. The molecule has 1 unspecified atom stereocenters. The van der Waals surface area contributed by atoms with Gasteiger partial charge in [-0.25, -0.2) is 8.42 Å². The van der Waals surface area contributed by atoms with Crippen LogP contribution in [-0.2, 0) is 32.6 Å². The van der Waals surface area contributed by atoms with Gasteiger partial charge in [0.05, 0.1) is 17.7 Å². The number of hydrogen-bond acceptors (Lipinski definition) is 5. The van der Waals surface area contributed by atoms with E-state index in [1.54, 1.807) is 36.4 Å². The van der Waals surface area contributed by atoms with Crippen LogP contribution in [0.15, 0.2) is 108 Å². The molecule has 0 saturated heterocycles. The maximum absolute atomic E-state index is 14.6. The van der Waals surface area contributed by atoms with Gasteiger partial charge < -0.3 is 15.0 Å². The van der Waals surface area contributed by atoms with Crippen LogP contribution >= 0.6 is 0 Å². The number of ether oxygens (including phenoxy) is 1. The molecule has 0 fully saturated rings. The first-order valence-corrected chi connectivity index (χ1v) is 16.7. The second-order valence-electron chi connectivity index (χ2n) is 12.4. The molecule has 9 heteroatoms. The summed E-state index contributed by atoms with van der Waals surface area (Å²) in [5.41, 5.74) is 3.28. The second-order valence-corrected chi connectivity index (χ2v) is 14.3. The number of benzene rings is 4. The average molecular weight is 642 g/mol. The molecule has 0 aliphatic heterocycles. The number of sulfonamides is 1. The van der Waals surface area contributed by atoms with Crippen molar-refractivity contribution >= 4 is 27.5 Å². The van der Waals surface area contributed by atoms with Gasteiger partial charge in [-0.05, 0) is 70.0 Å². The third kappa shape index (κ3) is 8.75. The summed E-state index contributed by atoms with van der Waals surface area (Å²) in [6.45, 7) is 9.03. The summed E-state index contributed by atoms with van der Waals surface area (Å²) < 4.78 is 35.2. The zero-order chi connectivity index (χ0) is 33.5. The first-order chi connectivity index (χ1) is 21.8. The van der Waals surface area contributed by atoms with Crippen LogP contribution in [0.2, 0.25) is 0 Å². The molecule has 4 rings (SSSR count). The molecule has 0 aliphatic carbocycles. The number of carbonyl (C=O) groups is 2. The van der Waals surface area contributed by atoms with Gasteiger partial charge in [0.2, 0.25) is 11.8 Å². The van der Waals surface area contributed by atoms with Crippen LogP contribution in [-0.4, -0.2) is 50.4 Å². The topological polar surface area (TPSA) is 96.0 Å². The zero-order valence-corrected chi connectivity index (χ0v) is 28.2. The Labute approximate surface area is 273 Å². The first-order valence-electron chi connectivity index (χ1n) is 15.2. The lowest BCUT2D eigenvalue weighted by Crippen LogP contribution is -2.56. The minimum atomic E-state index is -4.24. The monoisotopic (exact) mass is 641 g/mol. The highest BCUT2D eigenvalue weighted by molar-refractivity contribution is 7.92. The van der Waals surface area contributed by atoms with Crippen LogP contribution in [0.4, 0.5) is 5.69 Å². The number of hydrogen-bond donors (Lipinski definition) is 1. The zero-order valence-electron chi connectivity index (χ0n) is 27.4. The van der Waals surface area contributed by atoms with Gasteiger partial charge in [0.25, 0.3) is 10.0 Å². The molecule has 0 radical (unpaired) electrons. The van der Waals surface area contributed by atoms with Crippen molar-refractivity contribution in [1.82, 2.24) is 10.2 Å². The van der Waals surface area contributed by atoms with Crippen molar-refractivity contribution in [2.45, 2.75) is 64.1 Å². The average Bonchev–Trinajstić information content (AvgIpc) is 3.02. The molecule has 1 N–H and O–H groups in total. The maximum atomic E-state index is 14.6. The molecule has 4 aromatic carbocycles. The molecule has 1 atom stereocenters. The van der Waals surface area contributed by atoms with Gasteiger partial charge in [0.15, 0.2) is 0 Å². The molecule has 0 bridgehead atoms. The van der Waals surface area contributed by atoms with Gasteiger partial charge >= 0.3 is 0 Å². The van der Waals surface area contributed by atoms with Gasteiger partial charge in [0.1, 0.15) is 18.3 Å². The predicted octanol–water partition coefficient (Wildman–Crippen LogP) is 6.06. The minimum absolute atomic E-state index is 0.0354. The third-order valence-electron chi connectivity index (χ3n) is 7.48. The van der Waals surface area contributed by atoms with E-state index in [9.17, 15) is 18.0 Å². The highest BCUT2D eigenvalue weighted by atomic mass is 32.2. The maximum Gasteiger partial charge on any atom is 0.264 e. The molecule has 8 nitrogen and oxygen atoms in total. The van der Waals surface area contributed by atoms with E-state index in [4.69, 9.17) is 4.74 Å². The van der Waals surface area contributed by atoms with E-state index in [-0.39, 0.29) is 29.5 Å². The van der Waals surface area contributed by atoms with Crippen LogP contribution in [0, 0.1) is 13.8 Å². The second kappa shape index (κ2) is 14.6. The lowest BCUT2D eigenvalue weighted by atomic mass is 10.0. The molecular formula is C37H43N3O5S. The molecule has 242 valence electrons. The van der Waals surface area contributed by atoms with Crippen LogP contribution in [0.1, 0.15) is 43.0 Å². The number of methoxy groups -OCH3 is 1. The molecule has 46 heavy (non-hydrogen) atoms. The number of anilines is 1. The molecule has 2 amide bonds. The molecule has 4 aromatic rings. The lowest BCUT2D eigenvalue weighted by Gasteiger charge is -2.35. The summed E-state index contributed by atoms with van der Waals surface area (Å²) in [6, 6.07) is 29.4. The van der Waals surface area contributed by atoms with E-state index in [0.29, 0.717) is 5.75 Å². The van der Waals surface area contributed by atoms with E-state index >= 15 is 0 Å². The van der Waals surface area contributed by atoms with Gasteiger partial charge in [-0.1, -0.05) is 90.0 Å².